The zero-order chi connectivity index (χ0) is 22.6. The van der Waals surface area contributed by atoms with E-state index in [9.17, 15) is 13.2 Å². The Kier molecular flexibility index (Phi) is 6.98. The highest BCUT2D eigenvalue weighted by Gasteiger charge is 2.24. The summed E-state index contributed by atoms with van der Waals surface area (Å²) in [4.78, 5) is 17.1. The van der Waals surface area contributed by atoms with E-state index in [2.05, 4.69) is 14.9 Å². The van der Waals surface area contributed by atoms with Crippen molar-refractivity contribution in [3.8, 4) is 0 Å². The van der Waals surface area contributed by atoms with Gasteiger partial charge >= 0.3 is 0 Å². The Bertz CT molecular complexity index is 1040. The van der Waals surface area contributed by atoms with Crippen molar-refractivity contribution in [2.45, 2.75) is 18.2 Å². The average Bonchev–Trinajstić information content (AvgIpc) is 2.84. The summed E-state index contributed by atoms with van der Waals surface area (Å²) < 4.78 is 34.4. The highest BCUT2D eigenvalue weighted by atomic mass is 32.2. The first-order valence-corrected chi connectivity index (χ1v) is 12.5. The quantitative estimate of drug-likeness (QED) is 0.688. The summed E-state index contributed by atoms with van der Waals surface area (Å²) in [6, 6.07) is 12.2. The molecular weight excluding hydrogens is 428 g/mol. The lowest BCUT2D eigenvalue weighted by Gasteiger charge is -2.32. The van der Waals surface area contributed by atoms with Gasteiger partial charge < -0.3 is 19.9 Å². The molecule has 0 saturated carbocycles. The maximum Gasteiger partial charge on any atom is 0.261 e. The fraction of sp³-hybridized carbons (Fsp3) is 0.435. The number of carbonyl (C=O) groups is 1. The summed E-state index contributed by atoms with van der Waals surface area (Å²) in [6.45, 7) is 7.27. The lowest BCUT2D eigenvalue weighted by Crippen LogP contribution is -2.44. The topological polar surface area (TPSA) is 91.0 Å². The molecule has 32 heavy (non-hydrogen) atoms. The highest BCUT2D eigenvalue weighted by Crippen LogP contribution is 2.30. The zero-order valence-corrected chi connectivity index (χ0v) is 19.2. The predicted molar refractivity (Wildman–Crippen MR) is 125 cm³/mol. The number of nitrogens with one attached hydrogen (secondary N) is 2. The summed E-state index contributed by atoms with van der Waals surface area (Å²) in [7, 11) is -3.80. The number of hydrogen-bond donors (Lipinski definition) is 2. The van der Waals surface area contributed by atoms with E-state index in [1.807, 2.05) is 25.1 Å². The van der Waals surface area contributed by atoms with Crippen LogP contribution in [0.25, 0.3) is 0 Å². The molecule has 0 unspecified atom stereocenters. The van der Waals surface area contributed by atoms with Crippen molar-refractivity contribution in [3.05, 3.63) is 53.6 Å². The van der Waals surface area contributed by atoms with Crippen molar-refractivity contribution in [2.75, 3.05) is 62.1 Å². The first-order chi connectivity index (χ1) is 15.5. The van der Waals surface area contributed by atoms with Crippen LogP contribution in [0.2, 0.25) is 0 Å². The number of hydrogen-bond acceptors (Lipinski definition) is 6. The van der Waals surface area contributed by atoms with Crippen LogP contribution < -0.4 is 14.9 Å². The molecule has 172 valence electrons. The molecular formula is C23H30N4O4S. The van der Waals surface area contributed by atoms with Crippen molar-refractivity contribution in [3.63, 3.8) is 0 Å². The van der Waals surface area contributed by atoms with Gasteiger partial charge in [-0.3, -0.25) is 9.52 Å². The van der Waals surface area contributed by atoms with E-state index >= 15 is 0 Å². The molecule has 9 heteroatoms. The molecule has 0 aliphatic carbocycles. The van der Waals surface area contributed by atoms with E-state index in [0.717, 1.165) is 43.9 Å². The van der Waals surface area contributed by atoms with Crippen LogP contribution in [-0.2, 0) is 21.2 Å². The van der Waals surface area contributed by atoms with Gasteiger partial charge in [0.2, 0.25) is 0 Å². The van der Waals surface area contributed by atoms with Gasteiger partial charge in [-0.1, -0.05) is 19.1 Å². The maximum absolute atomic E-state index is 13.2. The monoisotopic (exact) mass is 458 g/mol. The highest BCUT2D eigenvalue weighted by molar-refractivity contribution is 7.92. The largest absolute Gasteiger partial charge is 0.378 e. The standard InChI is InChI=1S/C23H30N4O4S/c1-2-18-3-6-20(7-4-18)32(29,30)25-21-17-19(23(28)27-13-15-31-16-14-27)5-8-22(21)26-11-9-24-10-12-26/h3-8,17,24-25H,2,9-16H2,1H3. The third-order valence-corrected chi connectivity index (χ3v) is 7.27. The first kappa shape index (κ1) is 22.6. The molecule has 2 aliphatic rings. The molecule has 8 nitrogen and oxygen atoms in total. The molecule has 0 atom stereocenters. The normalized spacial score (nSPS) is 17.3. The number of benzene rings is 2. The van der Waals surface area contributed by atoms with E-state index in [0.29, 0.717) is 37.6 Å². The molecule has 2 heterocycles. The third-order valence-electron chi connectivity index (χ3n) is 5.89. The average molecular weight is 459 g/mol. The number of aryl methyl sites for hydroxylation is 1. The lowest BCUT2D eigenvalue weighted by atomic mass is 10.1. The van der Waals surface area contributed by atoms with Gasteiger partial charge in [0.25, 0.3) is 15.9 Å². The summed E-state index contributed by atoms with van der Waals surface area (Å²) in [5.41, 5.74) is 2.73. The number of anilines is 2. The lowest BCUT2D eigenvalue weighted by molar-refractivity contribution is 0.0303. The summed E-state index contributed by atoms with van der Waals surface area (Å²) in [6.07, 6.45) is 0.840. The smallest absolute Gasteiger partial charge is 0.261 e. The van der Waals surface area contributed by atoms with Gasteiger partial charge in [0.15, 0.2) is 0 Å². The maximum atomic E-state index is 13.2. The minimum absolute atomic E-state index is 0.118. The minimum atomic E-state index is -3.80. The Hall–Kier alpha value is -2.62. The molecule has 2 saturated heterocycles. The SMILES string of the molecule is CCc1ccc(S(=O)(=O)Nc2cc(C(=O)N3CCOCC3)ccc2N2CCNCC2)cc1. The van der Waals surface area contributed by atoms with Gasteiger partial charge in [-0.2, -0.15) is 0 Å². The van der Waals surface area contributed by atoms with Gasteiger partial charge in [0.05, 0.1) is 29.5 Å². The van der Waals surface area contributed by atoms with Crippen molar-refractivity contribution in [1.82, 2.24) is 10.2 Å². The van der Waals surface area contributed by atoms with Crippen LogP contribution in [0.3, 0.4) is 0 Å². The van der Waals surface area contributed by atoms with E-state index in [1.54, 1.807) is 29.2 Å². The molecule has 0 spiro atoms. The van der Waals surface area contributed by atoms with Crippen LogP contribution in [-0.4, -0.2) is 71.7 Å². The Balaban J connectivity index is 1.66. The van der Waals surface area contributed by atoms with Crippen LogP contribution in [0.4, 0.5) is 11.4 Å². The number of rotatable bonds is 6. The Morgan fingerprint density at radius 1 is 1.03 bits per heavy atom. The third kappa shape index (κ3) is 5.06. The molecule has 2 aliphatic heterocycles. The van der Waals surface area contributed by atoms with Crippen LogP contribution in [0.5, 0.6) is 0 Å². The molecule has 0 radical (unpaired) electrons. The number of amides is 1. The molecule has 4 rings (SSSR count). The van der Waals surface area contributed by atoms with Crippen LogP contribution in [0, 0.1) is 0 Å². The van der Waals surface area contributed by atoms with E-state index < -0.39 is 10.0 Å². The molecule has 2 fully saturated rings. The minimum Gasteiger partial charge on any atom is -0.378 e. The van der Waals surface area contributed by atoms with Crippen LogP contribution >= 0.6 is 0 Å². The van der Waals surface area contributed by atoms with E-state index in [4.69, 9.17) is 4.74 Å². The molecule has 2 N–H and O–H groups in total. The van der Waals surface area contributed by atoms with Gasteiger partial charge in [-0.25, -0.2) is 8.42 Å². The summed E-state index contributed by atoms with van der Waals surface area (Å²) >= 11 is 0. The van der Waals surface area contributed by atoms with Crippen molar-refractivity contribution < 1.29 is 17.9 Å². The van der Waals surface area contributed by atoms with Crippen molar-refractivity contribution >= 4 is 27.3 Å². The Labute approximate surface area is 189 Å². The van der Waals surface area contributed by atoms with Gasteiger partial charge in [-0.15, -0.1) is 0 Å². The van der Waals surface area contributed by atoms with Crippen LogP contribution in [0.15, 0.2) is 47.4 Å². The number of ether oxygens (including phenoxy) is 1. The van der Waals surface area contributed by atoms with Crippen molar-refractivity contribution in [2.24, 2.45) is 0 Å². The van der Waals surface area contributed by atoms with Gasteiger partial charge in [0, 0.05) is 44.8 Å². The number of carbonyl (C=O) groups excluding carboxylic acids is 1. The van der Waals surface area contributed by atoms with E-state index in [-0.39, 0.29) is 10.8 Å². The molecule has 0 aromatic heterocycles. The van der Waals surface area contributed by atoms with Gasteiger partial charge in [-0.05, 0) is 42.3 Å². The molecule has 0 bridgehead atoms. The predicted octanol–water partition coefficient (Wildman–Crippen LogP) is 1.93. The number of morpholine rings is 1. The number of piperazine rings is 1. The summed E-state index contributed by atoms with van der Waals surface area (Å²) in [5, 5.41) is 3.31. The fourth-order valence-electron chi connectivity index (χ4n) is 3.99. The molecule has 1 amide bonds. The van der Waals surface area contributed by atoms with Gasteiger partial charge in [0.1, 0.15) is 0 Å². The Morgan fingerprint density at radius 3 is 2.38 bits per heavy atom. The molecule has 2 aromatic rings. The number of sulfonamides is 1. The second kappa shape index (κ2) is 9.89. The summed E-state index contributed by atoms with van der Waals surface area (Å²) in [5.74, 6) is -0.118. The Morgan fingerprint density at radius 2 is 1.72 bits per heavy atom. The van der Waals surface area contributed by atoms with Crippen LogP contribution in [0.1, 0.15) is 22.8 Å². The second-order valence-corrected chi connectivity index (χ2v) is 9.66. The van der Waals surface area contributed by atoms with Crippen molar-refractivity contribution in [1.29, 1.82) is 0 Å². The first-order valence-electron chi connectivity index (χ1n) is 11.1. The fourth-order valence-corrected chi connectivity index (χ4v) is 5.05. The number of nitrogens with zero attached hydrogens (tertiary/aromatic N) is 2. The molecule has 2 aromatic carbocycles. The van der Waals surface area contributed by atoms with E-state index in [1.165, 1.54) is 0 Å². The zero-order valence-electron chi connectivity index (χ0n) is 18.3. The second-order valence-electron chi connectivity index (χ2n) is 7.98.